The number of ether oxygens (including phenoxy) is 9. The molecule has 0 spiro atoms. The summed E-state index contributed by atoms with van der Waals surface area (Å²) in [5.41, 5.74) is 1.13. The molecule has 2 aromatic heterocycles. The number of hydrogen-bond acceptors (Lipinski definition) is 17. The first-order chi connectivity index (χ1) is 22.8. The molecule has 0 aliphatic carbocycles. The van der Waals surface area contributed by atoms with E-state index < -0.39 is 24.5 Å². The fourth-order valence-electron chi connectivity index (χ4n) is 4.26. The zero-order chi connectivity index (χ0) is 33.5. The zero-order valence-electron chi connectivity index (χ0n) is 25.2. The first-order valence-electron chi connectivity index (χ1n) is 13.4. The summed E-state index contributed by atoms with van der Waals surface area (Å²) in [6, 6.07) is 14.3. The molecule has 47 heavy (non-hydrogen) atoms. The van der Waals surface area contributed by atoms with Crippen molar-refractivity contribution in [2.75, 3.05) is 35.0 Å². The normalized spacial score (nSPS) is 15.5. The van der Waals surface area contributed by atoms with Crippen molar-refractivity contribution in [2.45, 2.75) is 12.6 Å². The molecule has 17 nitrogen and oxygen atoms in total. The highest BCUT2D eigenvalue weighted by Gasteiger charge is 2.35. The monoisotopic (exact) mass is 647 g/mol. The van der Waals surface area contributed by atoms with Gasteiger partial charge in [-0.05, 0) is 12.1 Å². The molecule has 2 unspecified atom stereocenters. The third-order valence-corrected chi connectivity index (χ3v) is 6.33. The SMILES string of the molecule is COc1cc(OC)nc(Oc2cccc3c2C(=O)OC3O)n1.COc1cc(OC)nc(Oc2cccc3c2C(=O)OC3OCC#N)n1. The van der Waals surface area contributed by atoms with Crippen LogP contribution in [-0.4, -0.2) is 72.0 Å². The number of esters is 2. The van der Waals surface area contributed by atoms with E-state index >= 15 is 0 Å². The van der Waals surface area contributed by atoms with Gasteiger partial charge < -0.3 is 47.7 Å². The van der Waals surface area contributed by atoms with E-state index in [1.54, 1.807) is 36.4 Å². The number of aliphatic hydroxyl groups is 1. The van der Waals surface area contributed by atoms with Crippen molar-refractivity contribution in [3.05, 3.63) is 70.8 Å². The fourth-order valence-corrected chi connectivity index (χ4v) is 4.26. The van der Waals surface area contributed by atoms with Crippen molar-refractivity contribution in [3.8, 4) is 53.1 Å². The molecule has 0 radical (unpaired) electrons. The highest BCUT2D eigenvalue weighted by Crippen LogP contribution is 2.39. The van der Waals surface area contributed by atoms with Crippen LogP contribution in [0.5, 0.6) is 47.0 Å². The van der Waals surface area contributed by atoms with Crippen LogP contribution in [0.15, 0.2) is 48.5 Å². The van der Waals surface area contributed by atoms with E-state index in [1.807, 2.05) is 6.07 Å². The van der Waals surface area contributed by atoms with Crippen LogP contribution in [0.4, 0.5) is 0 Å². The molecule has 17 heteroatoms. The lowest BCUT2D eigenvalue weighted by molar-refractivity contribution is -0.0930. The summed E-state index contributed by atoms with van der Waals surface area (Å²) in [5, 5.41) is 18.2. The summed E-state index contributed by atoms with van der Waals surface area (Å²) in [4.78, 5) is 40.1. The number of hydrogen-bond donors (Lipinski definition) is 1. The Hall–Kier alpha value is -6.25. The highest BCUT2D eigenvalue weighted by atomic mass is 16.7. The van der Waals surface area contributed by atoms with E-state index in [2.05, 4.69) is 19.9 Å². The minimum atomic E-state index is -1.30. The van der Waals surface area contributed by atoms with Gasteiger partial charge in [-0.2, -0.15) is 25.2 Å². The van der Waals surface area contributed by atoms with E-state index in [-0.39, 0.29) is 64.8 Å². The molecular formula is C30H25N5O12. The maximum atomic E-state index is 12.1. The number of nitriles is 1. The van der Waals surface area contributed by atoms with Crippen LogP contribution in [0.3, 0.4) is 0 Å². The van der Waals surface area contributed by atoms with Gasteiger partial charge in [-0.1, -0.05) is 24.3 Å². The van der Waals surface area contributed by atoms with E-state index in [9.17, 15) is 14.7 Å². The number of nitrogens with zero attached hydrogens (tertiary/aromatic N) is 5. The quantitative estimate of drug-likeness (QED) is 0.244. The van der Waals surface area contributed by atoms with E-state index in [1.165, 1.54) is 40.6 Å². The van der Waals surface area contributed by atoms with E-state index in [4.69, 9.17) is 47.9 Å². The molecule has 6 rings (SSSR count). The summed E-state index contributed by atoms with van der Waals surface area (Å²) in [5.74, 6) is 0.0557. The average Bonchev–Trinajstić information content (AvgIpc) is 3.58. The molecule has 2 atom stereocenters. The van der Waals surface area contributed by atoms with Gasteiger partial charge in [-0.15, -0.1) is 0 Å². The number of fused-ring (bicyclic) bond motifs is 2. The van der Waals surface area contributed by atoms with Gasteiger partial charge >= 0.3 is 24.0 Å². The number of rotatable bonds is 10. The van der Waals surface area contributed by atoms with Gasteiger partial charge in [0.2, 0.25) is 36.1 Å². The zero-order valence-corrected chi connectivity index (χ0v) is 25.2. The molecule has 0 saturated carbocycles. The summed E-state index contributed by atoms with van der Waals surface area (Å²) >= 11 is 0. The summed E-state index contributed by atoms with van der Waals surface area (Å²) in [6.07, 6.45) is -2.25. The molecule has 242 valence electrons. The number of carbonyl (C=O) groups is 2. The summed E-state index contributed by atoms with van der Waals surface area (Å²) in [7, 11) is 5.78. The van der Waals surface area contributed by atoms with Gasteiger partial charge in [0.15, 0.2) is 0 Å². The van der Waals surface area contributed by atoms with Crippen molar-refractivity contribution in [2.24, 2.45) is 0 Å². The van der Waals surface area contributed by atoms with Crippen LogP contribution in [0, 0.1) is 11.3 Å². The van der Waals surface area contributed by atoms with Crippen LogP contribution < -0.4 is 28.4 Å². The second-order valence-electron chi connectivity index (χ2n) is 9.08. The molecular weight excluding hydrogens is 622 g/mol. The number of carbonyl (C=O) groups excluding carboxylic acids is 2. The lowest BCUT2D eigenvalue weighted by atomic mass is 10.1. The Morgan fingerprint density at radius 3 is 1.64 bits per heavy atom. The smallest absolute Gasteiger partial charge is 0.345 e. The molecule has 4 aromatic rings. The standard InChI is InChI=1S/C16H13N3O6.C14H12N2O6/c1-21-11-8-12(22-2)19-16(18-11)24-10-5-3-4-9-13(10)14(20)25-15(9)23-7-6-17;1-19-9-6-10(20-2)16-14(15-9)21-8-5-3-4-7-11(8)13(18)22-12(7)17/h3-5,8,15H,7H2,1-2H3;3-6,12,17H,1-2H3. The molecule has 0 bridgehead atoms. The molecule has 2 aromatic carbocycles. The molecule has 0 amide bonds. The maximum absolute atomic E-state index is 12.1. The van der Waals surface area contributed by atoms with Gasteiger partial charge in [-0.3, -0.25) is 0 Å². The average molecular weight is 648 g/mol. The molecule has 2 aliphatic heterocycles. The summed E-state index contributed by atoms with van der Waals surface area (Å²) < 4.78 is 46.4. The van der Waals surface area contributed by atoms with Gasteiger partial charge in [0, 0.05) is 11.1 Å². The first-order valence-corrected chi connectivity index (χ1v) is 13.4. The Balaban J connectivity index is 0.000000186. The minimum absolute atomic E-state index is 0.0567. The van der Waals surface area contributed by atoms with Crippen molar-refractivity contribution in [1.29, 1.82) is 5.26 Å². The van der Waals surface area contributed by atoms with Crippen LogP contribution in [0.1, 0.15) is 44.4 Å². The predicted octanol–water partition coefficient (Wildman–Crippen LogP) is 3.44. The second-order valence-corrected chi connectivity index (χ2v) is 9.08. The molecule has 0 saturated heterocycles. The number of aliphatic hydroxyl groups excluding tert-OH is 1. The second kappa shape index (κ2) is 14.2. The minimum Gasteiger partial charge on any atom is -0.481 e. The Morgan fingerprint density at radius 2 is 1.17 bits per heavy atom. The van der Waals surface area contributed by atoms with E-state index in [0.29, 0.717) is 11.1 Å². The Labute approximate surface area is 266 Å². The number of cyclic esters (lactones) is 2. The van der Waals surface area contributed by atoms with Gasteiger partial charge in [0.05, 0.1) is 46.6 Å². The third kappa shape index (κ3) is 7.03. The van der Waals surface area contributed by atoms with Gasteiger partial charge in [0.1, 0.15) is 29.2 Å². The van der Waals surface area contributed by atoms with Crippen LogP contribution in [0.25, 0.3) is 0 Å². The van der Waals surface area contributed by atoms with Gasteiger partial charge in [0.25, 0.3) is 0 Å². The number of methoxy groups -OCH3 is 4. The number of benzene rings is 2. The third-order valence-electron chi connectivity index (χ3n) is 6.33. The highest BCUT2D eigenvalue weighted by molar-refractivity contribution is 5.97. The van der Waals surface area contributed by atoms with Gasteiger partial charge in [-0.25, -0.2) is 9.59 Å². The lowest BCUT2D eigenvalue weighted by Crippen LogP contribution is -2.03. The Kier molecular flexibility index (Phi) is 9.74. The van der Waals surface area contributed by atoms with Crippen LogP contribution in [-0.2, 0) is 14.2 Å². The molecule has 4 heterocycles. The first kappa shape index (κ1) is 32.2. The van der Waals surface area contributed by atoms with Crippen molar-refractivity contribution < 1.29 is 57.3 Å². The largest absolute Gasteiger partial charge is 0.481 e. The van der Waals surface area contributed by atoms with Crippen molar-refractivity contribution >= 4 is 11.9 Å². The van der Waals surface area contributed by atoms with E-state index in [0.717, 1.165) is 0 Å². The Bertz CT molecular complexity index is 1800. The van der Waals surface area contributed by atoms with Crippen molar-refractivity contribution in [3.63, 3.8) is 0 Å². The Morgan fingerprint density at radius 1 is 0.723 bits per heavy atom. The molecule has 2 aliphatic rings. The molecule has 0 fully saturated rings. The lowest BCUT2D eigenvalue weighted by Gasteiger charge is -2.10. The predicted molar refractivity (Wildman–Crippen MR) is 153 cm³/mol. The van der Waals surface area contributed by atoms with Crippen LogP contribution in [0.2, 0.25) is 0 Å². The topological polar surface area (TPSA) is 213 Å². The summed E-state index contributed by atoms with van der Waals surface area (Å²) in [6.45, 7) is -0.210. The number of aromatic nitrogens is 4. The van der Waals surface area contributed by atoms with Crippen molar-refractivity contribution in [1.82, 2.24) is 19.9 Å². The maximum Gasteiger partial charge on any atom is 0.345 e. The molecule has 1 N–H and O–H groups in total. The van der Waals surface area contributed by atoms with Crippen LogP contribution >= 0.6 is 0 Å². The fraction of sp³-hybridized carbons (Fsp3) is 0.233.